The van der Waals surface area contributed by atoms with Crippen LogP contribution in [0.15, 0.2) is 28.5 Å². The van der Waals surface area contributed by atoms with Crippen molar-refractivity contribution in [2.24, 2.45) is 23.2 Å². The molecule has 0 aromatic carbocycles. The summed E-state index contributed by atoms with van der Waals surface area (Å²) in [6.07, 6.45) is 15.5. The number of carbonyl (C=O) groups excluding carboxylic acids is 1. The normalized spacial score (nSPS) is 24.8. The van der Waals surface area contributed by atoms with Crippen molar-refractivity contribution in [1.29, 1.82) is 0 Å². The van der Waals surface area contributed by atoms with E-state index in [1.165, 1.54) is 61.3 Å². The SMILES string of the molecule is CCCCCCC(C)(CCCCCC)C(C)=C(O)Nc1ccn(C2CSC(C(=O)OC3CC(C)CCC3C(C)C)O2)c(=O)n1. The number of aliphatic hydroxyl groups is 1. The van der Waals surface area contributed by atoms with E-state index in [-0.39, 0.29) is 29.2 Å². The second-order valence-corrected chi connectivity index (χ2v) is 14.9. The van der Waals surface area contributed by atoms with Gasteiger partial charge in [-0.25, -0.2) is 9.59 Å². The van der Waals surface area contributed by atoms with E-state index in [4.69, 9.17) is 9.47 Å². The van der Waals surface area contributed by atoms with Crippen LogP contribution in [0.25, 0.3) is 0 Å². The van der Waals surface area contributed by atoms with Crippen LogP contribution in [0, 0.1) is 23.2 Å². The number of aliphatic hydroxyl groups excluding tert-OH is 1. The Morgan fingerprint density at radius 2 is 1.82 bits per heavy atom. The minimum atomic E-state index is -0.767. The van der Waals surface area contributed by atoms with E-state index in [1.54, 1.807) is 12.3 Å². The van der Waals surface area contributed by atoms with E-state index >= 15 is 0 Å². The summed E-state index contributed by atoms with van der Waals surface area (Å²) in [5, 5.41) is 14.1. The smallest absolute Gasteiger partial charge is 0.351 e. The molecule has 2 fully saturated rings. The molecule has 2 aliphatic rings. The number of esters is 1. The van der Waals surface area contributed by atoms with Crippen LogP contribution in [-0.4, -0.2) is 37.9 Å². The molecule has 1 aromatic heterocycles. The van der Waals surface area contributed by atoms with Crippen LogP contribution in [0.5, 0.6) is 0 Å². The highest BCUT2D eigenvalue weighted by molar-refractivity contribution is 8.00. The topological polar surface area (TPSA) is 103 Å². The lowest BCUT2D eigenvalue weighted by atomic mass is 9.74. The average molecular weight is 634 g/mol. The zero-order chi connectivity index (χ0) is 32.3. The molecule has 5 atom stereocenters. The molecular formula is C35H59N3O5S. The highest BCUT2D eigenvalue weighted by Gasteiger charge is 2.39. The third-order valence-corrected chi connectivity index (χ3v) is 11.0. The van der Waals surface area contributed by atoms with E-state index in [0.717, 1.165) is 44.1 Å². The number of rotatable bonds is 17. The predicted molar refractivity (Wildman–Crippen MR) is 181 cm³/mol. The summed E-state index contributed by atoms with van der Waals surface area (Å²) in [6, 6.07) is 1.67. The van der Waals surface area contributed by atoms with Gasteiger partial charge in [0.05, 0.1) is 0 Å². The van der Waals surface area contributed by atoms with Crippen LogP contribution in [0.1, 0.15) is 138 Å². The number of thioether (sulfide) groups is 1. The van der Waals surface area contributed by atoms with Gasteiger partial charge in [0.2, 0.25) is 5.44 Å². The Balaban J connectivity index is 1.64. The molecule has 0 spiro atoms. The number of ether oxygens (including phenoxy) is 2. The Hall–Kier alpha value is -2.00. The van der Waals surface area contributed by atoms with Gasteiger partial charge in [0, 0.05) is 11.9 Å². The summed E-state index contributed by atoms with van der Waals surface area (Å²) in [4.78, 5) is 30.3. The molecular weight excluding hydrogens is 574 g/mol. The molecule has 250 valence electrons. The number of hydrogen-bond acceptors (Lipinski definition) is 8. The quantitative estimate of drug-likeness (QED) is 0.0995. The van der Waals surface area contributed by atoms with Crippen molar-refractivity contribution in [3.8, 4) is 0 Å². The first kappa shape index (κ1) is 36.5. The van der Waals surface area contributed by atoms with Crippen molar-refractivity contribution in [2.75, 3.05) is 11.1 Å². The van der Waals surface area contributed by atoms with Crippen molar-refractivity contribution in [1.82, 2.24) is 9.55 Å². The van der Waals surface area contributed by atoms with Gasteiger partial charge < -0.3 is 19.9 Å². The number of aromatic nitrogens is 2. The summed E-state index contributed by atoms with van der Waals surface area (Å²) in [7, 11) is 0. The first-order valence-corrected chi connectivity index (χ1v) is 18.3. The van der Waals surface area contributed by atoms with Crippen molar-refractivity contribution in [3.63, 3.8) is 0 Å². The molecule has 5 unspecified atom stereocenters. The van der Waals surface area contributed by atoms with Crippen LogP contribution >= 0.6 is 11.8 Å². The molecule has 1 aliphatic heterocycles. The second kappa shape index (κ2) is 17.6. The minimum Gasteiger partial charge on any atom is -0.495 e. The van der Waals surface area contributed by atoms with E-state index in [0.29, 0.717) is 23.5 Å². The molecule has 1 aromatic rings. The van der Waals surface area contributed by atoms with Crippen molar-refractivity contribution in [2.45, 2.75) is 150 Å². The Morgan fingerprint density at radius 3 is 2.41 bits per heavy atom. The minimum absolute atomic E-state index is 0.0651. The molecule has 1 aliphatic carbocycles. The van der Waals surface area contributed by atoms with Crippen LogP contribution in [-0.2, 0) is 14.3 Å². The Labute approximate surface area is 270 Å². The van der Waals surface area contributed by atoms with Crippen molar-refractivity contribution >= 4 is 23.5 Å². The predicted octanol–water partition coefficient (Wildman–Crippen LogP) is 8.98. The number of anilines is 1. The number of hydrogen-bond donors (Lipinski definition) is 2. The number of carbonyl (C=O) groups is 1. The highest BCUT2D eigenvalue weighted by Crippen LogP contribution is 2.40. The summed E-state index contributed by atoms with van der Waals surface area (Å²) in [5.41, 5.74) is -0.489. The Kier molecular flexibility index (Phi) is 14.6. The zero-order valence-electron chi connectivity index (χ0n) is 28.4. The van der Waals surface area contributed by atoms with Gasteiger partial charge in [0.15, 0.2) is 5.88 Å². The molecule has 1 saturated heterocycles. The molecule has 0 amide bonds. The van der Waals surface area contributed by atoms with Gasteiger partial charge >= 0.3 is 11.7 Å². The molecule has 9 heteroatoms. The van der Waals surface area contributed by atoms with Crippen LogP contribution in [0.3, 0.4) is 0 Å². The third kappa shape index (κ3) is 10.3. The van der Waals surface area contributed by atoms with Gasteiger partial charge in [-0.05, 0) is 67.4 Å². The van der Waals surface area contributed by atoms with Crippen molar-refractivity contribution in [3.05, 3.63) is 34.2 Å². The number of nitrogens with zero attached hydrogens (tertiary/aromatic N) is 2. The number of allylic oxidation sites excluding steroid dienone is 1. The highest BCUT2D eigenvalue weighted by atomic mass is 32.2. The summed E-state index contributed by atoms with van der Waals surface area (Å²) < 4.78 is 13.4. The molecule has 1 saturated carbocycles. The molecule has 2 heterocycles. The lowest BCUT2D eigenvalue weighted by molar-refractivity contribution is -0.166. The molecule has 44 heavy (non-hydrogen) atoms. The zero-order valence-corrected chi connectivity index (χ0v) is 29.2. The van der Waals surface area contributed by atoms with E-state index < -0.39 is 17.4 Å². The van der Waals surface area contributed by atoms with Gasteiger partial charge in [-0.1, -0.05) is 99.3 Å². The van der Waals surface area contributed by atoms with Crippen LogP contribution in [0.2, 0.25) is 0 Å². The summed E-state index contributed by atoms with van der Waals surface area (Å²) >= 11 is 1.35. The van der Waals surface area contributed by atoms with Gasteiger partial charge in [-0.2, -0.15) is 4.98 Å². The maximum absolute atomic E-state index is 13.1. The maximum Gasteiger partial charge on any atom is 0.351 e. The molecule has 0 radical (unpaired) electrons. The number of unbranched alkanes of at least 4 members (excludes halogenated alkanes) is 6. The van der Waals surface area contributed by atoms with Gasteiger partial charge in [-0.15, -0.1) is 11.8 Å². The van der Waals surface area contributed by atoms with Gasteiger partial charge in [0.25, 0.3) is 0 Å². The standard InChI is InChI=1S/C35H59N3O5S/c1-8-10-12-14-19-35(7,20-15-13-11-9-2)26(6)31(39)36-29-18-21-38(34(41)37-29)30-23-44-33(43-30)32(40)42-28-22-25(5)16-17-27(28)24(3)4/h18,21,24-25,27-28,30,33,39H,8-17,19-20,22-23H2,1-7H3,(H,36,37,41). The van der Waals surface area contributed by atoms with Crippen molar-refractivity contribution < 1.29 is 19.4 Å². The lowest BCUT2D eigenvalue weighted by Gasteiger charge is -2.37. The molecule has 2 N–H and O–H groups in total. The molecule has 8 nitrogen and oxygen atoms in total. The Bertz CT molecular complexity index is 1120. The largest absolute Gasteiger partial charge is 0.495 e. The fraction of sp³-hybridized carbons (Fsp3) is 0.800. The Morgan fingerprint density at radius 1 is 1.16 bits per heavy atom. The summed E-state index contributed by atoms with van der Waals surface area (Å²) in [5.74, 6) is 1.78. The first-order chi connectivity index (χ1) is 21.0. The maximum atomic E-state index is 13.1. The average Bonchev–Trinajstić information content (AvgIpc) is 3.47. The van der Waals surface area contributed by atoms with E-state index in [9.17, 15) is 14.7 Å². The second-order valence-electron chi connectivity index (χ2n) is 13.8. The molecule has 3 rings (SSSR count). The first-order valence-electron chi connectivity index (χ1n) is 17.2. The summed E-state index contributed by atoms with van der Waals surface area (Å²) in [6.45, 7) is 15.3. The van der Waals surface area contributed by atoms with E-state index in [2.05, 4.69) is 51.8 Å². The number of nitrogens with one attached hydrogen (secondary N) is 1. The fourth-order valence-electron chi connectivity index (χ4n) is 6.70. The third-order valence-electron chi connectivity index (χ3n) is 9.90. The fourth-order valence-corrected chi connectivity index (χ4v) is 7.68. The van der Waals surface area contributed by atoms with Crippen LogP contribution < -0.4 is 11.0 Å². The van der Waals surface area contributed by atoms with Gasteiger partial charge in [0.1, 0.15) is 18.1 Å². The lowest BCUT2D eigenvalue weighted by Crippen LogP contribution is -2.38. The molecule has 0 bridgehead atoms. The van der Waals surface area contributed by atoms with Gasteiger partial charge in [-0.3, -0.25) is 4.57 Å². The monoisotopic (exact) mass is 633 g/mol. The van der Waals surface area contributed by atoms with E-state index in [1.807, 2.05) is 6.92 Å². The van der Waals surface area contributed by atoms with Crippen LogP contribution in [0.4, 0.5) is 5.82 Å².